The summed E-state index contributed by atoms with van der Waals surface area (Å²) in [4.78, 5) is 18.3. The number of hydrogen-bond donors (Lipinski definition) is 2. The van der Waals surface area contributed by atoms with Gasteiger partial charge in [-0.05, 0) is 42.8 Å². The lowest BCUT2D eigenvalue weighted by atomic mass is 10.0. The number of aromatic amines is 1. The molecule has 1 aromatic heterocycles. The van der Waals surface area contributed by atoms with E-state index in [-0.39, 0.29) is 5.91 Å². The molecule has 2 aromatic carbocycles. The zero-order valence-electron chi connectivity index (χ0n) is 19.4. The van der Waals surface area contributed by atoms with Crippen LogP contribution in [-0.4, -0.2) is 76.5 Å². The summed E-state index contributed by atoms with van der Waals surface area (Å²) >= 11 is 0. The molecule has 1 saturated heterocycles. The molecule has 2 N–H and O–H groups in total. The van der Waals surface area contributed by atoms with Gasteiger partial charge in [0.25, 0.3) is 5.91 Å². The Hall–Kier alpha value is -3.23. The summed E-state index contributed by atoms with van der Waals surface area (Å²) in [6, 6.07) is 9.54. The van der Waals surface area contributed by atoms with Crippen molar-refractivity contribution in [2.75, 3.05) is 60.7 Å². The summed E-state index contributed by atoms with van der Waals surface area (Å²) in [6.45, 7) is 5.13. The van der Waals surface area contributed by atoms with Crippen molar-refractivity contribution in [3.05, 3.63) is 42.1 Å². The fourth-order valence-electron chi connectivity index (χ4n) is 4.17. The number of ether oxygens (including phenoxy) is 4. The monoisotopic (exact) mass is 453 g/mol. The van der Waals surface area contributed by atoms with Gasteiger partial charge >= 0.3 is 0 Å². The van der Waals surface area contributed by atoms with Gasteiger partial charge in [0.05, 0.1) is 34.5 Å². The van der Waals surface area contributed by atoms with Crippen LogP contribution in [0.25, 0.3) is 22.0 Å². The maximum absolute atomic E-state index is 12.6. The third-order valence-corrected chi connectivity index (χ3v) is 5.96. The van der Waals surface area contributed by atoms with Crippen molar-refractivity contribution in [2.24, 2.45) is 0 Å². The summed E-state index contributed by atoms with van der Waals surface area (Å²) in [5, 5.41) is 4.03. The fourth-order valence-corrected chi connectivity index (χ4v) is 4.17. The van der Waals surface area contributed by atoms with Crippen LogP contribution in [0.2, 0.25) is 0 Å². The molecule has 0 spiro atoms. The zero-order chi connectivity index (χ0) is 23.2. The Morgan fingerprint density at radius 2 is 1.79 bits per heavy atom. The molecule has 1 aliphatic rings. The molecule has 8 heteroatoms. The molecule has 0 bridgehead atoms. The van der Waals surface area contributed by atoms with Gasteiger partial charge in [0.2, 0.25) is 5.75 Å². The Morgan fingerprint density at radius 1 is 1.06 bits per heavy atom. The number of fused-ring (bicyclic) bond motifs is 1. The van der Waals surface area contributed by atoms with Crippen LogP contribution >= 0.6 is 0 Å². The molecule has 0 saturated carbocycles. The molecule has 0 unspecified atom stereocenters. The fraction of sp³-hybridized carbons (Fsp3) is 0.400. The lowest BCUT2D eigenvalue weighted by molar-refractivity contribution is 0.0374. The highest BCUT2D eigenvalue weighted by Gasteiger charge is 2.17. The average molecular weight is 454 g/mol. The molecule has 0 aliphatic carbocycles. The van der Waals surface area contributed by atoms with Gasteiger partial charge in [-0.15, -0.1) is 0 Å². The Balaban J connectivity index is 1.46. The number of nitrogens with one attached hydrogen (secondary N) is 2. The van der Waals surface area contributed by atoms with E-state index in [0.717, 1.165) is 61.3 Å². The SMILES string of the molecule is COc1cc(-c2c[nH]c3cc(C(=O)NCCCN4CCOCC4)ccc23)cc(OC)c1OC. The van der Waals surface area contributed by atoms with Crippen LogP contribution in [0.4, 0.5) is 0 Å². The van der Waals surface area contributed by atoms with Crippen LogP contribution in [0.3, 0.4) is 0 Å². The molecular weight excluding hydrogens is 422 g/mol. The largest absolute Gasteiger partial charge is 0.493 e. The van der Waals surface area contributed by atoms with Crippen LogP contribution in [0.15, 0.2) is 36.5 Å². The summed E-state index contributed by atoms with van der Waals surface area (Å²) in [6.07, 6.45) is 2.84. The number of nitrogens with zero attached hydrogens (tertiary/aromatic N) is 1. The third kappa shape index (κ3) is 5.07. The minimum absolute atomic E-state index is 0.0668. The molecule has 2 heterocycles. The first-order valence-electron chi connectivity index (χ1n) is 11.1. The van der Waals surface area contributed by atoms with Crippen LogP contribution in [0.1, 0.15) is 16.8 Å². The number of aromatic nitrogens is 1. The molecule has 4 rings (SSSR count). The molecule has 1 aliphatic heterocycles. The van der Waals surface area contributed by atoms with Crippen molar-refractivity contribution in [2.45, 2.75) is 6.42 Å². The van der Waals surface area contributed by atoms with Crippen molar-refractivity contribution in [1.29, 1.82) is 0 Å². The topological polar surface area (TPSA) is 85.1 Å². The highest BCUT2D eigenvalue weighted by Crippen LogP contribution is 2.42. The van der Waals surface area contributed by atoms with Gasteiger partial charge in [0.1, 0.15) is 0 Å². The van der Waals surface area contributed by atoms with Crippen molar-refractivity contribution in [3.8, 4) is 28.4 Å². The van der Waals surface area contributed by atoms with Gasteiger partial charge in [-0.25, -0.2) is 0 Å². The van der Waals surface area contributed by atoms with Gasteiger partial charge < -0.3 is 29.2 Å². The predicted octanol–water partition coefficient (Wildman–Crippen LogP) is 3.31. The van der Waals surface area contributed by atoms with Gasteiger partial charge in [-0.3, -0.25) is 9.69 Å². The predicted molar refractivity (Wildman–Crippen MR) is 128 cm³/mol. The lowest BCUT2D eigenvalue weighted by Gasteiger charge is -2.26. The second kappa shape index (κ2) is 10.6. The number of amides is 1. The molecular formula is C25H31N3O5. The zero-order valence-corrected chi connectivity index (χ0v) is 19.4. The number of rotatable bonds is 9. The molecule has 0 radical (unpaired) electrons. The third-order valence-electron chi connectivity index (χ3n) is 5.96. The van der Waals surface area contributed by atoms with E-state index in [0.29, 0.717) is 29.4 Å². The van der Waals surface area contributed by atoms with Gasteiger partial charge in [-0.2, -0.15) is 0 Å². The number of H-pyrrole nitrogens is 1. The van der Waals surface area contributed by atoms with Crippen LogP contribution in [0.5, 0.6) is 17.2 Å². The number of methoxy groups -OCH3 is 3. The molecule has 1 amide bonds. The molecule has 176 valence electrons. The molecule has 1 fully saturated rings. The summed E-state index contributed by atoms with van der Waals surface area (Å²) in [7, 11) is 4.78. The van der Waals surface area contributed by atoms with Gasteiger partial charge in [0, 0.05) is 47.9 Å². The molecule has 8 nitrogen and oxygen atoms in total. The van der Waals surface area contributed by atoms with Gasteiger partial charge in [0.15, 0.2) is 11.5 Å². The number of hydrogen-bond acceptors (Lipinski definition) is 6. The van der Waals surface area contributed by atoms with E-state index in [4.69, 9.17) is 18.9 Å². The smallest absolute Gasteiger partial charge is 0.251 e. The Labute approximate surface area is 193 Å². The first-order valence-corrected chi connectivity index (χ1v) is 11.1. The summed E-state index contributed by atoms with van der Waals surface area (Å²) in [5.74, 6) is 1.67. The van der Waals surface area contributed by atoms with E-state index in [1.54, 1.807) is 21.3 Å². The van der Waals surface area contributed by atoms with E-state index in [1.165, 1.54) is 0 Å². The number of carbonyl (C=O) groups is 1. The normalized spacial score (nSPS) is 14.3. The Bertz CT molecular complexity index is 1080. The highest BCUT2D eigenvalue weighted by molar-refractivity contribution is 6.02. The molecule has 33 heavy (non-hydrogen) atoms. The van der Waals surface area contributed by atoms with E-state index in [9.17, 15) is 4.79 Å². The Morgan fingerprint density at radius 3 is 2.45 bits per heavy atom. The van der Waals surface area contributed by atoms with Crippen molar-refractivity contribution in [1.82, 2.24) is 15.2 Å². The second-order valence-electron chi connectivity index (χ2n) is 7.94. The lowest BCUT2D eigenvalue weighted by Crippen LogP contribution is -2.38. The standard InChI is InChI=1S/C25H31N3O5/c1-30-22-14-18(15-23(31-2)24(22)32-3)20-16-27-21-13-17(5-6-19(20)21)25(29)26-7-4-8-28-9-11-33-12-10-28/h5-6,13-16,27H,4,7-12H2,1-3H3,(H,26,29). The van der Waals surface area contributed by atoms with Gasteiger partial charge in [-0.1, -0.05) is 6.07 Å². The minimum atomic E-state index is -0.0668. The minimum Gasteiger partial charge on any atom is -0.493 e. The quantitative estimate of drug-likeness (QED) is 0.484. The van der Waals surface area contributed by atoms with E-state index in [1.807, 2.05) is 36.5 Å². The van der Waals surface area contributed by atoms with Crippen LogP contribution < -0.4 is 19.5 Å². The first kappa shape index (κ1) is 22.9. The average Bonchev–Trinajstić information content (AvgIpc) is 3.29. The maximum Gasteiger partial charge on any atom is 0.251 e. The number of benzene rings is 2. The summed E-state index contributed by atoms with van der Waals surface area (Å²) < 4.78 is 21.8. The second-order valence-corrected chi connectivity index (χ2v) is 7.94. The number of carbonyl (C=O) groups excluding carboxylic acids is 1. The first-order chi connectivity index (χ1) is 16.1. The van der Waals surface area contributed by atoms with Crippen molar-refractivity contribution < 1.29 is 23.7 Å². The number of morpholine rings is 1. The molecule has 3 aromatic rings. The van der Waals surface area contributed by atoms with E-state index < -0.39 is 0 Å². The highest BCUT2D eigenvalue weighted by atomic mass is 16.5. The molecule has 0 atom stereocenters. The summed E-state index contributed by atoms with van der Waals surface area (Å²) in [5.41, 5.74) is 3.43. The van der Waals surface area contributed by atoms with E-state index in [2.05, 4.69) is 15.2 Å². The van der Waals surface area contributed by atoms with E-state index >= 15 is 0 Å². The maximum atomic E-state index is 12.6. The Kier molecular flexibility index (Phi) is 7.36. The van der Waals surface area contributed by atoms with Crippen LogP contribution in [-0.2, 0) is 4.74 Å². The van der Waals surface area contributed by atoms with Crippen LogP contribution in [0, 0.1) is 0 Å². The van der Waals surface area contributed by atoms with Crippen molar-refractivity contribution >= 4 is 16.8 Å². The van der Waals surface area contributed by atoms with Crippen molar-refractivity contribution in [3.63, 3.8) is 0 Å².